The van der Waals surface area contributed by atoms with E-state index in [4.69, 9.17) is 10.3 Å². The Morgan fingerprint density at radius 1 is 1.42 bits per heavy atom. The van der Waals surface area contributed by atoms with Crippen molar-refractivity contribution in [3.63, 3.8) is 0 Å². The highest BCUT2D eigenvalue weighted by Gasteiger charge is 2.21. The molecule has 0 rings (SSSR count). The molecule has 0 heterocycles. The van der Waals surface area contributed by atoms with Crippen LogP contribution in [0.2, 0.25) is 0 Å². The van der Waals surface area contributed by atoms with E-state index in [0.717, 1.165) is 19.3 Å². The Morgan fingerprint density at radius 2 is 2.05 bits per heavy atom. The molecule has 0 amide bonds. The Hall–Kier alpha value is -1.22. The fraction of sp³-hybridized carbons (Fsp3) is 0.929. The van der Waals surface area contributed by atoms with Crippen LogP contribution < -0.4 is 0 Å². The minimum Gasteiger partial charge on any atom is -0.460 e. The second-order valence-electron chi connectivity index (χ2n) is 6.20. The molecule has 2 atom stereocenters. The van der Waals surface area contributed by atoms with E-state index < -0.39 is 5.60 Å². The van der Waals surface area contributed by atoms with Gasteiger partial charge in [-0.15, -0.1) is 0 Å². The fourth-order valence-electron chi connectivity index (χ4n) is 2.17. The molecule has 0 N–H and O–H groups in total. The molecule has 0 radical (unpaired) electrons. The van der Waals surface area contributed by atoms with Gasteiger partial charge in [-0.25, -0.2) is 0 Å². The topological polar surface area (TPSA) is 75.1 Å². The first-order valence-electron chi connectivity index (χ1n) is 7.01. The zero-order chi connectivity index (χ0) is 14.9. The molecule has 0 saturated heterocycles. The van der Waals surface area contributed by atoms with E-state index in [9.17, 15) is 4.79 Å². The first kappa shape index (κ1) is 17.8. The van der Waals surface area contributed by atoms with Crippen LogP contribution in [0.1, 0.15) is 60.3 Å². The highest BCUT2D eigenvalue weighted by Crippen LogP contribution is 2.21. The first-order chi connectivity index (χ1) is 8.78. The molecule has 0 fully saturated rings. The van der Waals surface area contributed by atoms with Gasteiger partial charge in [0.15, 0.2) is 0 Å². The van der Waals surface area contributed by atoms with Crippen molar-refractivity contribution in [3.05, 3.63) is 10.4 Å². The smallest absolute Gasteiger partial charge is 0.306 e. The van der Waals surface area contributed by atoms with Crippen molar-refractivity contribution in [1.82, 2.24) is 0 Å². The zero-order valence-corrected chi connectivity index (χ0v) is 12.8. The van der Waals surface area contributed by atoms with Crippen LogP contribution in [0, 0.1) is 11.8 Å². The van der Waals surface area contributed by atoms with Gasteiger partial charge in [-0.3, -0.25) is 4.79 Å². The minimum absolute atomic E-state index is 0.0762. The lowest BCUT2D eigenvalue weighted by Gasteiger charge is -2.23. The summed E-state index contributed by atoms with van der Waals surface area (Å²) in [6.45, 7) is 10.2. The van der Waals surface area contributed by atoms with Crippen LogP contribution >= 0.6 is 0 Å². The van der Waals surface area contributed by atoms with Crippen molar-refractivity contribution in [1.29, 1.82) is 0 Å². The minimum atomic E-state index is -0.463. The van der Waals surface area contributed by atoms with E-state index in [1.807, 2.05) is 20.8 Å². The van der Waals surface area contributed by atoms with Gasteiger partial charge in [0.2, 0.25) is 0 Å². The van der Waals surface area contributed by atoms with Crippen LogP contribution in [-0.2, 0) is 9.53 Å². The van der Waals surface area contributed by atoms with Crippen LogP contribution in [0.25, 0.3) is 10.4 Å². The maximum atomic E-state index is 11.8. The van der Waals surface area contributed by atoms with E-state index in [2.05, 4.69) is 23.9 Å². The number of hydrogen-bond donors (Lipinski definition) is 0. The van der Waals surface area contributed by atoms with Gasteiger partial charge in [-0.1, -0.05) is 31.8 Å². The quantitative estimate of drug-likeness (QED) is 0.282. The molecule has 1 unspecified atom stereocenters. The molecule has 5 heteroatoms. The Balaban J connectivity index is 4.41. The fourth-order valence-corrected chi connectivity index (χ4v) is 2.17. The summed E-state index contributed by atoms with van der Waals surface area (Å²) in [6, 6.07) is 0. The molecule has 110 valence electrons. The summed E-state index contributed by atoms with van der Waals surface area (Å²) in [5, 5.41) is 3.61. The van der Waals surface area contributed by atoms with E-state index in [1.165, 1.54) is 0 Å². The van der Waals surface area contributed by atoms with Gasteiger partial charge >= 0.3 is 5.97 Å². The van der Waals surface area contributed by atoms with Crippen LogP contribution in [0.3, 0.4) is 0 Å². The van der Waals surface area contributed by atoms with Gasteiger partial charge in [0.25, 0.3) is 0 Å². The van der Waals surface area contributed by atoms with Crippen molar-refractivity contribution in [3.8, 4) is 0 Å². The highest BCUT2D eigenvalue weighted by molar-refractivity contribution is 5.70. The molecule has 0 saturated carbocycles. The number of hydrogen-bond acceptors (Lipinski definition) is 3. The summed E-state index contributed by atoms with van der Waals surface area (Å²) in [5.74, 6) is 0.396. The maximum Gasteiger partial charge on any atom is 0.306 e. The molecule has 0 aliphatic rings. The third kappa shape index (κ3) is 10.4. The van der Waals surface area contributed by atoms with Gasteiger partial charge in [-0.2, -0.15) is 0 Å². The Kier molecular flexibility index (Phi) is 8.24. The van der Waals surface area contributed by atoms with Gasteiger partial charge in [0, 0.05) is 17.9 Å². The lowest BCUT2D eigenvalue weighted by atomic mass is 9.90. The molecule has 0 bridgehead atoms. The Labute approximate surface area is 116 Å². The van der Waals surface area contributed by atoms with E-state index >= 15 is 0 Å². The number of rotatable bonds is 8. The van der Waals surface area contributed by atoms with Crippen LogP contribution in [-0.4, -0.2) is 18.1 Å². The van der Waals surface area contributed by atoms with E-state index in [-0.39, 0.29) is 11.9 Å². The number of carbonyl (C=O) groups excluding carboxylic acids is 1. The predicted octanol–water partition coefficient (Wildman–Crippen LogP) is 4.47. The normalized spacial score (nSPS) is 14.4. The average Bonchev–Trinajstić information content (AvgIpc) is 2.23. The van der Waals surface area contributed by atoms with Crippen molar-refractivity contribution in [2.45, 2.75) is 65.9 Å². The standard InChI is InChI=1S/C14H27N3O2/c1-6-7-11(2)8-12(10-16-17-15)9-13(18)19-14(3,4)5/h11-12H,6-10H2,1-5H3/t11?,12-/m0/s1. The number of esters is 1. The predicted molar refractivity (Wildman–Crippen MR) is 76.7 cm³/mol. The molecule has 0 aliphatic carbocycles. The van der Waals surface area contributed by atoms with Crippen LogP contribution in [0.15, 0.2) is 5.11 Å². The number of ether oxygens (including phenoxy) is 1. The van der Waals surface area contributed by atoms with Gasteiger partial charge < -0.3 is 4.74 Å². The monoisotopic (exact) mass is 269 g/mol. The lowest BCUT2D eigenvalue weighted by molar-refractivity contribution is -0.156. The second kappa shape index (κ2) is 8.81. The van der Waals surface area contributed by atoms with Crippen LogP contribution in [0.4, 0.5) is 0 Å². The molecule has 0 aromatic heterocycles. The molecule has 0 aromatic carbocycles. The van der Waals surface area contributed by atoms with Gasteiger partial charge in [0.1, 0.15) is 5.60 Å². The maximum absolute atomic E-state index is 11.8. The van der Waals surface area contributed by atoms with E-state index in [1.54, 1.807) is 0 Å². The third-order valence-electron chi connectivity index (χ3n) is 2.80. The summed E-state index contributed by atoms with van der Waals surface area (Å²) < 4.78 is 5.32. The molecular weight excluding hydrogens is 242 g/mol. The first-order valence-corrected chi connectivity index (χ1v) is 7.01. The van der Waals surface area contributed by atoms with Crippen molar-refractivity contribution >= 4 is 5.97 Å². The summed E-state index contributed by atoms with van der Waals surface area (Å²) in [6.07, 6.45) is 3.47. The third-order valence-corrected chi connectivity index (χ3v) is 2.80. The number of azide groups is 1. The average molecular weight is 269 g/mol. The highest BCUT2D eigenvalue weighted by atomic mass is 16.6. The van der Waals surface area contributed by atoms with Crippen LogP contribution in [0.5, 0.6) is 0 Å². The van der Waals surface area contributed by atoms with Gasteiger partial charge in [0.05, 0.1) is 0 Å². The van der Waals surface area contributed by atoms with Gasteiger partial charge in [-0.05, 0) is 44.6 Å². The SMILES string of the molecule is CCCC(C)C[C@H](CN=[N+]=[N-])CC(=O)OC(C)(C)C. The number of nitrogens with zero attached hydrogens (tertiary/aromatic N) is 3. The summed E-state index contributed by atoms with van der Waals surface area (Å²) in [7, 11) is 0. The molecule has 5 nitrogen and oxygen atoms in total. The van der Waals surface area contributed by atoms with Crippen molar-refractivity contribution < 1.29 is 9.53 Å². The second-order valence-corrected chi connectivity index (χ2v) is 6.20. The van der Waals surface area contributed by atoms with E-state index in [0.29, 0.717) is 18.9 Å². The summed E-state index contributed by atoms with van der Waals surface area (Å²) >= 11 is 0. The Bertz CT molecular complexity index is 317. The largest absolute Gasteiger partial charge is 0.460 e. The molecular formula is C14H27N3O2. The van der Waals surface area contributed by atoms with Crippen molar-refractivity contribution in [2.24, 2.45) is 17.0 Å². The molecule has 0 spiro atoms. The van der Waals surface area contributed by atoms with Crippen molar-refractivity contribution in [2.75, 3.05) is 6.54 Å². The summed E-state index contributed by atoms with van der Waals surface area (Å²) in [4.78, 5) is 14.6. The molecule has 19 heavy (non-hydrogen) atoms. The summed E-state index contributed by atoms with van der Waals surface area (Å²) in [5.41, 5.74) is 7.95. The molecule has 0 aliphatic heterocycles. The molecule has 0 aromatic rings. The number of carbonyl (C=O) groups is 1. The Morgan fingerprint density at radius 3 is 2.53 bits per heavy atom. The lowest BCUT2D eigenvalue weighted by Crippen LogP contribution is -2.26. The zero-order valence-electron chi connectivity index (χ0n) is 12.8.